The summed E-state index contributed by atoms with van der Waals surface area (Å²) in [4.78, 5) is 26.1. The first kappa shape index (κ1) is 14.5. The van der Waals surface area contributed by atoms with E-state index >= 15 is 0 Å². The number of nitrogens with one attached hydrogen (secondary N) is 2. The summed E-state index contributed by atoms with van der Waals surface area (Å²) >= 11 is 0. The smallest absolute Gasteiger partial charge is 0.271 e. The number of hydrogen-bond acceptors (Lipinski definition) is 3. The summed E-state index contributed by atoms with van der Waals surface area (Å²) in [6.45, 7) is 0. The summed E-state index contributed by atoms with van der Waals surface area (Å²) in [7, 11) is 0. The van der Waals surface area contributed by atoms with Crippen molar-refractivity contribution in [1.29, 1.82) is 0 Å². The second kappa shape index (κ2) is 6.15. The molecule has 0 fully saturated rings. The Morgan fingerprint density at radius 2 is 1.74 bits per heavy atom. The van der Waals surface area contributed by atoms with Gasteiger partial charge in [-0.2, -0.15) is 5.10 Å². The van der Waals surface area contributed by atoms with Crippen molar-refractivity contribution in [3.63, 3.8) is 0 Å². The Bertz CT molecular complexity index is 894. The van der Waals surface area contributed by atoms with Gasteiger partial charge in [-0.1, -0.05) is 18.2 Å². The third kappa shape index (κ3) is 3.11. The summed E-state index contributed by atoms with van der Waals surface area (Å²) < 4.78 is 0. The fourth-order valence-corrected chi connectivity index (χ4v) is 2.21. The van der Waals surface area contributed by atoms with Gasteiger partial charge in [0.15, 0.2) is 0 Å². The molecule has 0 aliphatic rings. The van der Waals surface area contributed by atoms with E-state index in [1.165, 1.54) is 24.3 Å². The summed E-state index contributed by atoms with van der Waals surface area (Å²) in [5.74, 6) is -0.897. The number of H-pyrrole nitrogens is 1. The normalized spacial score (nSPS) is 11.0. The maximum absolute atomic E-state index is 12.0. The molecular formula is C17H14N4O2. The van der Waals surface area contributed by atoms with Gasteiger partial charge in [-0.15, -0.1) is 0 Å². The largest absolute Gasteiger partial charge is 0.366 e. The Kier molecular flexibility index (Phi) is 3.88. The third-order valence-corrected chi connectivity index (χ3v) is 3.42. The fraction of sp³-hybridized carbons (Fsp3) is 0. The lowest BCUT2D eigenvalue weighted by Gasteiger charge is -2.00. The van der Waals surface area contributed by atoms with Crippen LogP contribution in [-0.4, -0.2) is 23.0 Å². The molecule has 0 saturated heterocycles. The molecule has 0 unspecified atom stereocenters. The van der Waals surface area contributed by atoms with Crippen molar-refractivity contribution in [2.75, 3.05) is 0 Å². The first-order valence-electron chi connectivity index (χ1n) is 6.94. The molecule has 23 heavy (non-hydrogen) atoms. The molecule has 6 nitrogen and oxygen atoms in total. The number of para-hydroxylation sites is 1. The van der Waals surface area contributed by atoms with E-state index in [0.717, 1.165) is 16.5 Å². The number of aromatic amines is 1. The Hall–Kier alpha value is -3.41. The molecule has 0 bridgehead atoms. The van der Waals surface area contributed by atoms with Crippen molar-refractivity contribution in [2.24, 2.45) is 10.8 Å². The van der Waals surface area contributed by atoms with Crippen LogP contribution >= 0.6 is 0 Å². The summed E-state index contributed by atoms with van der Waals surface area (Å²) in [5, 5.41) is 4.99. The molecule has 0 aliphatic carbocycles. The number of rotatable bonds is 4. The SMILES string of the molecule is NC(=O)c1ccc(C(=O)N/N=C/c2c[nH]c3ccccc23)cc1. The van der Waals surface area contributed by atoms with Crippen molar-refractivity contribution < 1.29 is 9.59 Å². The zero-order valence-corrected chi connectivity index (χ0v) is 12.1. The van der Waals surface area contributed by atoms with E-state index < -0.39 is 5.91 Å². The van der Waals surface area contributed by atoms with E-state index in [-0.39, 0.29) is 5.91 Å². The second-order valence-electron chi connectivity index (χ2n) is 4.93. The van der Waals surface area contributed by atoms with Gasteiger partial charge in [0.05, 0.1) is 6.21 Å². The van der Waals surface area contributed by atoms with Gasteiger partial charge in [-0.3, -0.25) is 9.59 Å². The van der Waals surface area contributed by atoms with Crippen LogP contribution in [0.2, 0.25) is 0 Å². The highest BCUT2D eigenvalue weighted by molar-refractivity contribution is 6.00. The van der Waals surface area contributed by atoms with Crippen molar-refractivity contribution in [3.05, 3.63) is 71.4 Å². The Labute approximate surface area is 132 Å². The second-order valence-corrected chi connectivity index (χ2v) is 4.93. The monoisotopic (exact) mass is 306 g/mol. The van der Waals surface area contributed by atoms with Gasteiger partial charge >= 0.3 is 0 Å². The summed E-state index contributed by atoms with van der Waals surface area (Å²) in [5.41, 5.74) is 10.2. The summed E-state index contributed by atoms with van der Waals surface area (Å²) in [6.07, 6.45) is 3.40. The molecule has 1 heterocycles. The van der Waals surface area contributed by atoms with Crippen LogP contribution in [0.1, 0.15) is 26.3 Å². The average Bonchev–Trinajstić information content (AvgIpc) is 2.98. The molecule has 0 aliphatic heterocycles. The molecule has 114 valence electrons. The molecule has 6 heteroatoms. The Morgan fingerprint density at radius 1 is 1.04 bits per heavy atom. The maximum Gasteiger partial charge on any atom is 0.271 e. The quantitative estimate of drug-likeness (QED) is 0.507. The molecule has 2 aromatic carbocycles. The van der Waals surface area contributed by atoms with E-state index in [0.29, 0.717) is 11.1 Å². The lowest BCUT2D eigenvalue weighted by Crippen LogP contribution is -2.18. The van der Waals surface area contributed by atoms with Gasteiger partial charge in [0, 0.05) is 33.8 Å². The van der Waals surface area contributed by atoms with Crippen LogP contribution in [0.25, 0.3) is 10.9 Å². The van der Waals surface area contributed by atoms with Crippen LogP contribution in [0, 0.1) is 0 Å². The van der Waals surface area contributed by atoms with E-state index in [1.807, 2.05) is 30.5 Å². The van der Waals surface area contributed by atoms with Crippen LogP contribution in [0.15, 0.2) is 59.8 Å². The van der Waals surface area contributed by atoms with Crippen molar-refractivity contribution >= 4 is 28.9 Å². The van der Waals surface area contributed by atoms with E-state index in [2.05, 4.69) is 15.5 Å². The minimum absolute atomic E-state index is 0.351. The number of hydrazone groups is 1. The minimum Gasteiger partial charge on any atom is -0.366 e. The number of carbonyl (C=O) groups excluding carboxylic acids is 2. The first-order valence-corrected chi connectivity index (χ1v) is 6.94. The van der Waals surface area contributed by atoms with Crippen LogP contribution < -0.4 is 11.2 Å². The number of carbonyl (C=O) groups is 2. The molecule has 1 aromatic heterocycles. The molecule has 3 aromatic rings. The number of nitrogens with zero attached hydrogens (tertiary/aromatic N) is 1. The van der Waals surface area contributed by atoms with Crippen LogP contribution in [0.4, 0.5) is 0 Å². The number of fused-ring (bicyclic) bond motifs is 1. The average molecular weight is 306 g/mol. The van der Waals surface area contributed by atoms with Crippen molar-refractivity contribution in [3.8, 4) is 0 Å². The predicted molar refractivity (Wildman–Crippen MR) is 88.3 cm³/mol. The number of amides is 2. The molecule has 0 spiro atoms. The lowest BCUT2D eigenvalue weighted by molar-refractivity contribution is 0.0952. The van der Waals surface area contributed by atoms with Gasteiger partial charge in [-0.25, -0.2) is 5.43 Å². The Morgan fingerprint density at radius 3 is 2.48 bits per heavy atom. The predicted octanol–water partition coefficient (Wildman–Crippen LogP) is 2.03. The van der Waals surface area contributed by atoms with Crippen LogP contribution in [0.3, 0.4) is 0 Å². The maximum atomic E-state index is 12.0. The lowest BCUT2D eigenvalue weighted by atomic mass is 10.1. The third-order valence-electron chi connectivity index (χ3n) is 3.42. The van der Waals surface area contributed by atoms with Gasteiger partial charge in [0.25, 0.3) is 5.91 Å². The topological polar surface area (TPSA) is 100 Å². The number of nitrogens with two attached hydrogens (primary N) is 1. The molecule has 3 rings (SSSR count). The number of aromatic nitrogens is 1. The Balaban J connectivity index is 1.70. The zero-order valence-electron chi connectivity index (χ0n) is 12.1. The van der Waals surface area contributed by atoms with Crippen LogP contribution in [-0.2, 0) is 0 Å². The van der Waals surface area contributed by atoms with Crippen molar-refractivity contribution in [2.45, 2.75) is 0 Å². The highest BCUT2D eigenvalue weighted by Crippen LogP contribution is 2.15. The van der Waals surface area contributed by atoms with Crippen molar-refractivity contribution in [1.82, 2.24) is 10.4 Å². The zero-order chi connectivity index (χ0) is 16.2. The number of benzene rings is 2. The first-order chi connectivity index (χ1) is 11.1. The standard InChI is InChI=1S/C17H14N4O2/c18-16(22)11-5-7-12(8-6-11)17(23)21-20-10-13-9-19-15-4-2-1-3-14(13)15/h1-10,19H,(H2,18,22)(H,21,23)/b20-10+. The van der Waals surface area contributed by atoms with Gasteiger partial charge < -0.3 is 10.7 Å². The molecule has 0 saturated carbocycles. The molecule has 0 atom stereocenters. The molecule has 2 amide bonds. The molecule has 4 N–H and O–H groups in total. The number of primary amides is 1. The van der Waals surface area contributed by atoms with Gasteiger partial charge in [0.2, 0.25) is 5.91 Å². The molecular weight excluding hydrogens is 292 g/mol. The highest BCUT2D eigenvalue weighted by atomic mass is 16.2. The molecule has 0 radical (unpaired) electrons. The fourth-order valence-electron chi connectivity index (χ4n) is 2.21. The minimum atomic E-state index is -0.533. The van der Waals surface area contributed by atoms with E-state index in [9.17, 15) is 9.59 Å². The van der Waals surface area contributed by atoms with Gasteiger partial charge in [-0.05, 0) is 30.3 Å². The van der Waals surface area contributed by atoms with Crippen LogP contribution in [0.5, 0.6) is 0 Å². The summed E-state index contributed by atoms with van der Waals surface area (Å²) in [6, 6.07) is 13.9. The number of hydrogen-bond donors (Lipinski definition) is 3. The van der Waals surface area contributed by atoms with E-state index in [1.54, 1.807) is 6.21 Å². The highest BCUT2D eigenvalue weighted by Gasteiger charge is 2.06. The van der Waals surface area contributed by atoms with E-state index in [4.69, 9.17) is 5.73 Å². The van der Waals surface area contributed by atoms with Gasteiger partial charge in [0.1, 0.15) is 0 Å².